The molecule has 0 radical (unpaired) electrons. The second-order valence-electron chi connectivity index (χ2n) is 4.74. The van der Waals surface area contributed by atoms with E-state index in [4.69, 9.17) is 0 Å². The molecule has 0 atom stereocenters. The number of nitrogens with one attached hydrogen (secondary N) is 1. The molecule has 1 fully saturated rings. The van der Waals surface area contributed by atoms with Gasteiger partial charge in [-0.05, 0) is 25.5 Å². The normalized spacial score (nSPS) is 16.7. The molecule has 1 aliphatic rings. The van der Waals surface area contributed by atoms with Crippen molar-refractivity contribution in [3.8, 4) is 0 Å². The number of thioether (sulfide) groups is 1. The van der Waals surface area contributed by atoms with Crippen LogP contribution in [0.4, 0.5) is 11.6 Å². The predicted octanol–water partition coefficient (Wildman–Crippen LogP) is 1.98. The molecule has 0 aromatic carbocycles. The Balaban J connectivity index is 2.14. The monoisotopic (exact) mass is 282 g/mol. The topological polar surface area (TPSA) is 61.3 Å². The standard InChI is InChI=1S/C13H22N4OS/c1-3-6-14-11-9-12(16-13(15-11)19-2)17-7-4-10(18)5-8-17/h9-10,18H,3-8H2,1-2H3,(H,14,15,16). The molecule has 0 saturated carbocycles. The lowest BCUT2D eigenvalue weighted by Gasteiger charge is -2.30. The zero-order valence-corrected chi connectivity index (χ0v) is 12.4. The molecule has 1 saturated heterocycles. The van der Waals surface area contributed by atoms with Crippen LogP contribution < -0.4 is 10.2 Å². The van der Waals surface area contributed by atoms with Gasteiger partial charge in [0.05, 0.1) is 6.10 Å². The SMILES string of the molecule is CCCNc1cc(N2CCC(O)CC2)nc(SC)n1. The van der Waals surface area contributed by atoms with E-state index in [9.17, 15) is 5.11 Å². The summed E-state index contributed by atoms with van der Waals surface area (Å²) in [6, 6.07) is 2.01. The van der Waals surface area contributed by atoms with Gasteiger partial charge in [-0.3, -0.25) is 0 Å². The van der Waals surface area contributed by atoms with E-state index in [0.29, 0.717) is 0 Å². The summed E-state index contributed by atoms with van der Waals surface area (Å²) >= 11 is 1.56. The molecule has 2 heterocycles. The number of nitrogens with zero attached hydrogens (tertiary/aromatic N) is 3. The molecule has 1 aromatic heterocycles. The molecule has 0 unspecified atom stereocenters. The molecular weight excluding hydrogens is 260 g/mol. The van der Waals surface area contributed by atoms with Crippen LogP contribution in [0.25, 0.3) is 0 Å². The predicted molar refractivity (Wildman–Crippen MR) is 80.0 cm³/mol. The first kappa shape index (κ1) is 14.4. The van der Waals surface area contributed by atoms with E-state index in [2.05, 4.69) is 27.1 Å². The highest BCUT2D eigenvalue weighted by Crippen LogP contribution is 2.23. The van der Waals surface area contributed by atoms with Gasteiger partial charge >= 0.3 is 0 Å². The largest absolute Gasteiger partial charge is 0.393 e. The molecule has 0 amide bonds. The Kier molecular flexibility index (Phi) is 5.27. The van der Waals surface area contributed by atoms with E-state index in [-0.39, 0.29) is 6.10 Å². The highest BCUT2D eigenvalue weighted by Gasteiger charge is 2.19. The Morgan fingerprint density at radius 1 is 1.42 bits per heavy atom. The maximum atomic E-state index is 9.57. The molecule has 0 spiro atoms. The van der Waals surface area contributed by atoms with E-state index in [1.807, 2.05) is 12.3 Å². The Bertz CT molecular complexity index is 408. The van der Waals surface area contributed by atoms with Gasteiger partial charge in [-0.1, -0.05) is 18.7 Å². The van der Waals surface area contributed by atoms with Crippen LogP contribution >= 0.6 is 11.8 Å². The van der Waals surface area contributed by atoms with Crippen LogP contribution in [-0.2, 0) is 0 Å². The average Bonchev–Trinajstić information content (AvgIpc) is 2.45. The van der Waals surface area contributed by atoms with Crippen molar-refractivity contribution in [2.45, 2.75) is 37.4 Å². The molecule has 1 aliphatic heterocycles. The third-order valence-electron chi connectivity index (χ3n) is 3.22. The Morgan fingerprint density at radius 3 is 2.79 bits per heavy atom. The molecule has 6 heteroatoms. The first-order chi connectivity index (χ1) is 9.22. The van der Waals surface area contributed by atoms with Crippen LogP contribution in [0.2, 0.25) is 0 Å². The lowest BCUT2D eigenvalue weighted by Crippen LogP contribution is -2.36. The van der Waals surface area contributed by atoms with Gasteiger partial charge in [0.1, 0.15) is 11.6 Å². The molecule has 2 rings (SSSR count). The molecular formula is C13H22N4OS. The van der Waals surface area contributed by atoms with Crippen molar-refractivity contribution in [1.82, 2.24) is 9.97 Å². The van der Waals surface area contributed by atoms with Crippen molar-refractivity contribution < 1.29 is 5.11 Å². The van der Waals surface area contributed by atoms with Crippen molar-refractivity contribution in [3.63, 3.8) is 0 Å². The fourth-order valence-electron chi connectivity index (χ4n) is 2.10. The maximum absolute atomic E-state index is 9.57. The number of aliphatic hydroxyl groups is 1. The van der Waals surface area contributed by atoms with E-state index in [0.717, 1.165) is 55.7 Å². The first-order valence-corrected chi connectivity index (χ1v) is 8.05. The molecule has 19 heavy (non-hydrogen) atoms. The zero-order chi connectivity index (χ0) is 13.7. The third-order valence-corrected chi connectivity index (χ3v) is 3.77. The van der Waals surface area contributed by atoms with Crippen molar-refractivity contribution in [3.05, 3.63) is 6.07 Å². The van der Waals surface area contributed by atoms with Gasteiger partial charge in [0.25, 0.3) is 0 Å². The fraction of sp³-hybridized carbons (Fsp3) is 0.692. The fourth-order valence-corrected chi connectivity index (χ4v) is 2.48. The minimum Gasteiger partial charge on any atom is -0.393 e. The third kappa shape index (κ3) is 3.98. The average molecular weight is 282 g/mol. The quantitative estimate of drug-likeness (QED) is 0.636. The molecule has 0 bridgehead atoms. The molecule has 106 valence electrons. The van der Waals surface area contributed by atoms with Crippen molar-refractivity contribution in [2.24, 2.45) is 0 Å². The minimum absolute atomic E-state index is 0.157. The summed E-state index contributed by atoms with van der Waals surface area (Å²) in [7, 11) is 0. The van der Waals surface area contributed by atoms with E-state index in [1.165, 1.54) is 0 Å². The number of anilines is 2. The van der Waals surface area contributed by atoms with Crippen LogP contribution in [0.15, 0.2) is 11.2 Å². The van der Waals surface area contributed by atoms with Crippen LogP contribution in [0, 0.1) is 0 Å². The van der Waals surface area contributed by atoms with Gasteiger partial charge in [-0.2, -0.15) is 0 Å². The Labute approximate surface area is 118 Å². The van der Waals surface area contributed by atoms with Crippen LogP contribution in [0.5, 0.6) is 0 Å². The van der Waals surface area contributed by atoms with Gasteiger partial charge in [0.15, 0.2) is 5.16 Å². The van der Waals surface area contributed by atoms with Crippen LogP contribution in [0.3, 0.4) is 0 Å². The zero-order valence-electron chi connectivity index (χ0n) is 11.6. The summed E-state index contributed by atoms with van der Waals surface area (Å²) in [5, 5.41) is 13.7. The number of aliphatic hydroxyl groups excluding tert-OH is 1. The second kappa shape index (κ2) is 6.96. The Hall–Kier alpha value is -1.01. The smallest absolute Gasteiger partial charge is 0.191 e. The van der Waals surface area contributed by atoms with Crippen LogP contribution in [-0.4, -0.2) is 47.1 Å². The van der Waals surface area contributed by atoms with E-state index in [1.54, 1.807) is 11.8 Å². The summed E-state index contributed by atoms with van der Waals surface area (Å²) < 4.78 is 0. The van der Waals surface area contributed by atoms with Crippen molar-refractivity contribution in [2.75, 3.05) is 36.1 Å². The van der Waals surface area contributed by atoms with Gasteiger partial charge in [0, 0.05) is 25.7 Å². The Morgan fingerprint density at radius 2 is 2.16 bits per heavy atom. The summed E-state index contributed by atoms with van der Waals surface area (Å²) in [4.78, 5) is 11.3. The number of aromatic nitrogens is 2. The second-order valence-corrected chi connectivity index (χ2v) is 5.52. The van der Waals surface area contributed by atoms with Crippen molar-refractivity contribution in [1.29, 1.82) is 0 Å². The van der Waals surface area contributed by atoms with E-state index < -0.39 is 0 Å². The molecule has 5 nitrogen and oxygen atoms in total. The number of piperidine rings is 1. The highest BCUT2D eigenvalue weighted by atomic mass is 32.2. The highest BCUT2D eigenvalue weighted by molar-refractivity contribution is 7.98. The minimum atomic E-state index is -0.157. The summed E-state index contributed by atoms with van der Waals surface area (Å²) in [6.45, 7) is 4.78. The summed E-state index contributed by atoms with van der Waals surface area (Å²) in [5.74, 6) is 1.85. The lowest BCUT2D eigenvalue weighted by molar-refractivity contribution is 0.145. The summed E-state index contributed by atoms with van der Waals surface area (Å²) in [5.41, 5.74) is 0. The van der Waals surface area contributed by atoms with Crippen molar-refractivity contribution >= 4 is 23.4 Å². The van der Waals surface area contributed by atoms with E-state index >= 15 is 0 Å². The summed E-state index contributed by atoms with van der Waals surface area (Å²) in [6.07, 6.45) is 4.54. The van der Waals surface area contributed by atoms with Gasteiger partial charge in [-0.25, -0.2) is 9.97 Å². The maximum Gasteiger partial charge on any atom is 0.191 e. The number of hydrogen-bond acceptors (Lipinski definition) is 6. The first-order valence-electron chi connectivity index (χ1n) is 6.83. The lowest BCUT2D eigenvalue weighted by atomic mass is 10.1. The molecule has 2 N–H and O–H groups in total. The molecule has 0 aliphatic carbocycles. The van der Waals surface area contributed by atoms with Crippen LogP contribution in [0.1, 0.15) is 26.2 Å². The van der Waals surface area contributed by atoms with Gasteiger partial charge < -0.3 is 15.3 Å². The van der Waals surface area contributed by atoms with Gasteiger partial charge in [0.2, 0.25) is 0 Å². The number of hydrogen-bond donors (Lipinski definition) is 2. The van der Waals surface area contributed by atoms with Gasteiger partial charge in [-0.15, -0.1) is 0 Å². The number of rotatable bonds is 5. The molecule has 1 aromatic rings.